The molecule has 1 saturated heterocycles. The van der Waals surface area contributed by atoms with Gasteiger partial charge in [0.2, 0.25) is 0 Å². The normalized spacial score (nSPS) is 19.0. The van der Waals surface area contributed by atoms with Crippen molar-refractivity contribution in [3.8, 4) is 5.75 Å². The second kappa shape index (κ2) is 7.76. The highest BCUT2D eigenvalue weighted by Crippen LogP contribution is 2.24. The van der Waals surface area contributed by atoms with Crippen LogP contribution in [0.5, 0.6) is 5.75 Å². The van der Waals surface area contributed by atoms with Gasteiger partial charge in [0.15, 0.2) is 0 Å². The van der Waals surface area contributed by atoms with Crippen molar-refractivity contribution in [1.82, 2.24) is 15.2 Å². The second-order valence-electron chi connectivity index (χ2n) is 6.02. The lowest BCUT2D eigenvalue weighted by Gasteiger charge is -2.30. The van der Waals surface area contributed by atoms with E-state index in [2.05, 4.69) is 29.0 Å². The van der Waals surface area contributed by atoms with Crippen molar-refractivity contribution in [2.75, 3.05) is 26.7 Å². The van der Waals surface area contributed by atoms with Crippen LogP contribution < -0.4 is 10.1 Å². The van der Waals surface area contributed by atoms with Crippen LogP contribution in [0, 0.1) is 13.8 Å². The van der Waals surface area contributed by atoms with E-state index in [9.17, 15) is 0 Å². The van der Waals surface area contributed by atoms with Crippen molar-refractivity contribution < 1.29 is 4.74 Å². The van der Waals surface area contributed by atoms with E-state index in [1.807, 2.05) is 13.1 Å². The van der Waals surface area contributed by atoms with Gasteiger partial charge in [-0.05, 0) is 39.8 Å². The maximum Gasteiger partial charge on any atom is 0.128 e. The fraction of sp³-hybridized carbons (Fsp3) is 0.706. The number of pyridine rings is 1. The summed E-state index contributed by atoms with van der Waals surface area (Å²) in [5.41, 5.74) is 3.42. The Bertz CT molecular complexity index is 456. The van der Waals surface area contributed by atoms with Crippen molar-refractivity contribution in [1.29, 1.82) is 0 Å². The molecule has 1 aromatic heterocycles. The van der Waals surface area contributed by atoms with Gasteiger partial charge in [-0.2, -0.15) is 0 Å². The highest BCUT2D eigenvalue weighted by Gasteiger charge is 2.18. The monoisotopic (exact) mass is 291 g/mol. The van der Waals surface area contributed by atoms with Gasteiger partial charge in [-0.25, -0.2) is 0 Å². The molecule has 0 bridgehead atoms. The molecule has 1 unspecified atom stereocenters. The Morgan fingerprint density at radius 2 is 2.19 bits per heavy atom. The van der Waals surface area contributed by atoms with Crippen molar-refractivity contribution in [2.24, 2.45) is 0 Å². The number of aryl methyl sites for hydroxylation is 1. The summed E-state index contributed by atoms with van der Waals surface area (Å²) in [6, 6.07) is 0.631. The van der Waals surface area contributed by atoms with Crippen molar-refractivity contribution >= 4 is 0 Å². The molecule has 0 radical (unpaired) electrons. The molecule has 0 spiro atoms. The van der Waals surface area contributed by atoms with E-state index >= 15 is 0 Å². The maximum absolute atomic E-state index is 5.51. The van der Waals surface area contributed by atoms with Gasteiger partial charge in [-0.1, -0.05) is 13.3 Å². The highest BCUT2D eigenvalue weighted by molar-refractivity contribution is 5.41. The van der Waals surface area contributed by atoms with Crippen LogP contribution in [0.15, 0.2) is 6.20 Å². The number of ether oxygens (including phenoxy) is 1. The van der Waals surface area contributed by atoms with Crippen molar-refractivity contribution in [3.63, 3.8) is 0 Å². The molecule has 0 amide bonds. The number of aromatic nitrogens is 1. The molecule has 2 rings (SSSR count). The van der Waals surface area contributed by atoms with Gasteiger partial charge in [0, 0.05) is 36.5 Å². The van der Waals surface area contributed by atoms with Crippen LogP contribution in [0.25, 0.3) is 0 Å². The third-order valence-corrected chi connectivity index (χ3v) is 4.46. The van der Waals surface area contributed by atoms with Gasteiger partial charge in [-0.15, -0.1) is 0 Å². The number of nitrogens with one attached hydrogen (secondary N) is 1. The molecule has 21 heavy (non-hydrogen) atoms. The minimum Gasteiger partial charge on any atom is -0.496 e. The fourth-order valence-corrected chi connectivity index (χ4v) is 3.14. The number of nitrogens with zero attached hydrogens (tertiary/aromatic N) is 2. The first-order valence-corrected chi connectivity index (χ1v) is 8.10. The molecule has 0 saturated carbocycles. The molecule has 0 aliphatic carbocycles. The number of hydrogen-bond donors (Lipinski definition) is 1. The van der Waals surface area contributed by atoms with Crippen LogP contribution in [-0.4, -0.2) is 42.7 Å². The first kappa shape index (κ1) is 16.2. The zero-order valence-electron chi connectivity index (χ0n) is 13.9. The fourth-order valence-electron chi connectivity index (χ4n) is 3.14. The topological polar surface area (TPSA) is 37.4 Å². The van der Waals surface area contributed by atoms with E-state index in [-0.39, 0.29) is 0 Å². The van der Waals surface area contributed by atoms with Gasteiger partial charge in [0.25, 0.3) is 0 Å². The first-order valence-electron chi connectivity index (χ1n) is 8.10. The Morgan fingerprint density at radius 3 is 2.81 bits per heavy atom. The van der Waals surface area contributed by atoms with Gasteiger partial charge < -0.3 is 10.1 Å². The number of methoxy groups -OCH3 is 1. The van der Waals surface area contributed by atoms with Gasteiger partial charge in [-0.3, -0.25) is 9.88 Å². The van der Waals surface area contributed by atoms with Crippen molar-refractivity contribution in [2.45, 2.75) is 52.6 Å². The van der Waals surface area contributed by atoms with E-state index in [1.165, 1.54) is 24.8 Å². The number of likely N-dealkylation sites (N-methyl/N-ethyl adjacent to an activating group) is 1. The predicted octanol–water partition coefficient (Wildman–Crippen LogP) is 2.67. The smallest absolute Gasteiger partial charge is 0.128 e. The van der Waals surface area contributed by atoms with Crippen LogP contribution in [0.1, 0.15) is 43.0 Å². The molecular weight excluding hydrogens is 262 g/mol. The van der Waals surface area contributed by atoms with Crippen LogP contribution >= 0.6 is 0 Å². The van der Waals surface area contributed by atoms with Crippen LogP contribution in [0.4, 0.5) is 0 Å². The largest absolute Gasteiger partial charge is 0.496 e. The molecule has 0 aromatic carbocycles. The molecule has 1 atom stereocenters. The van der Waals surface area contributed by atoms with E-state index in [0.29, 0.717) is 6.04 Å². The quantitative estimate of drug-likeness (QED) is 0.874. The maximum atomic E-state index is 5.51. The zero-order chi connectivity index (χ0) is 15.2. The summed E-state index contributed by atoms with van der Waals surface area (Å²) in [7, 11) is 1.74. The van der Waals surface area contributed by atoms with Gasteiger partial charge in [0.1, 0.15) is 5.75 Å². The Labute approximate surface area is 128 Å². The van der Waals surface area contributed by atoms with Gasteiger partial charge >= 0.3 is 0 Å². The summed E-state index contributed by atoms with van der Waals surface area (Å²) in [5.74, 6) is 0.979. The molecule has 1 aliphatic heterocycles. The second-order valence-corrected chi connectivity index (χ2v) is 6.02. The summed E-state index contributed by atoms with van der Waals surface area (Å²) in [4.78, 5) is 7.10. The molecular formula is C17H29N3O. The standard InChI is InChI=1S/C17H29N3O/c1-5-20(11-15-8-6-7-9-18-15)12-16-14(3)17(21-4)13(2)10-19-16/h10,15,18H,5-9,11-12H2,1-4H3. The van der Waals surface area contributed by atoms with Gasteiger partial charge in [0.05, 0.1) is 12.8 Å². The number of piperidine rings is 1. The summed E-state index contributed by atoms with van der Waals surface area (Å²) in [6.45, 7) is 10.6. The lowest BCUT2D eigenvalue weighted by molar-refractivity contribution is 0.223. The van der Waals surface area contributed by atoms with Crippen LogP contribution in [0.2, 0.25) is 0 Å². The molecule has 1 fully saturated rings. The molecule has 2 heterocycles. The Morgan fingerprint density at radius 1 is 1.38 bits per heavy atom. The zero-order valence-corrected chi connectivity index (χ0v) is 13.9. The average molecular weight is 291 g/mol. The van der Waals surface area contributed by atoms with Crippen LogP contribution in [0.3, 0.4) is 0 Å². The lowest BCUT2D eigenvalue weighted by Crippen LogP contribution is -2.43. The SMILES string of the molecule is CCN(Cc1ncc(C)c(OC)c1C)CC1CCCCN1. The van der Waals surface area contributed by atoms with E-state index in [1.54, 1.807) is 7.11 Å². The molecule has 4 heteroatoms. The molecule has 1 N–H and O–H groups in total. The summed E-state index contributed by atoms with van der Waals surface area (Å²) < 4.78 is 5.51. The van der Waals surface area contributed by atoms with E-state index in [4.69, 9.17) is 4.74 Å². The van der Waals surface area contributed by atoms with Crippen molar-refractivity contribution in [3.05, 3.63) is 23.0 Å². The number of hydrogen-bond acceptors (Lipinski definition) is 4. The molecule has 1 aliphatic rings. The molecule has 1 aromatic rings. The average Bonchev–Trinajstić information content (AvgIpc) is 2.50. The number of rotatable bonds is 6. The highest BCUT2D eigenvalue weighted by atomic mass is 16.5. The summed E-state index contributed by atoms with van der Waals surface area (Å²) >= 11 is 0. The van der Waals surface area contributed by atoms with Crippen LogP contribution in [-0.2, 0) is 6.54 Å². The van der Waals surface area contributed by atoms with E-state index < -0.39 is 0 Å². The Kier molecular flexibility index (Phi) is 6.00. The summed E-state index contributed by atoms with van der Waals surface area (Å²) in [5, 5.41) is 3.63. The Hall–Kier alpha value is -1.13. The molecule has 4 nitrogen and oxygen atoms in total. The first-order chi connectivity index (χ1) is 10.2. The molecule has 118 valence electrons. The van der Waals surface area contributed by atoms with E-state index in [0.717, 1.165) is 43.2 Å². The Balaban J connectivity index is 2.04. The third kappa shape index (κ3) is 4.17. The summed E-state index contributed by atoms with van der Waals surface area (Å²) in [6.07, 6.45) is 5.89. The minimum absolute atomic E-state index is 0.631. The minimum atomic E-state index is 0.631. The lowest BCUT2D eigenvalue weighted by atomic mass is 10.0. The predicted molar refractivity (Wildman–Crippen MR) is 86.9 cm³/mol. The third-order valence-electron chi connectivity index (χ3n) is 4.46.